The Morgan fingerprint density at radius 1 is 0.320 bits per heavy atom. The van der Waals surface area contributed by atoms with Crippen molar-refractivity contribution in [1.82, 2.24) is 0 Å². The number of rotatable bonds is 38. The molecule has 0 N–H and O–H groups in total. The van der Waals surface area contributed by atoms with Gasteiger partial charge in [0.2, 0.25) is 0 Å². The molecule has 0 amide bonds. The first-order valence-electron chi connectivity index (χ1n) is 47.6. The largest absolute Gasteiger partial charge is 0.415 e. The van der Waals surface area contributed by atoms with Gasteiger partial charge in [0.05, 0.1) is 38.6 Å². The van der Waals surface area contributed by atoms with Crippen molar-refractivity contribution in [2.75, 3.05) is 59.5 Å². The molecule has 0 saturated carbocycles. The van der Waals surface area contributed by atoms with E-state index in [4.69, 9.17) is 73.3 Å². The van der Waals surface area contributed by atoms with Crippen LogP contribution in [0.2, 0.25) is 143 Å². The first-order chi connectivity index (χ1) is 58.1. The Bertz CT molecular complexity index is 3390. The molecule has 16 atom stereocenters. The third kappa shape index (κ3) is 40.2. The number of ketones is 1. The van der Waals surface area contributed by atoms with Crippen LogP contribution in [0, 0.1) is 7.14 Å². The molecule has 8 fully saturated rings. The second kappa shape index (κ2) is 52.8. The van der Waals surface area contributed by atoms with Gasteiger partial charge in [-0.2, -0.15) is 0 Å². The summed E-state index contributed by atoms with van der Waals surface area (Å²) in [5.74, 6) is 1.70. The van der Waals surface area contributed by atoms with Crippen LogP contribution in [0.4, 0.5) is 9.59 Å². The number of hydrogen-bond donors (Lipinski definition) is 0. The molecule has 0 radical (unpaired) electrons. The molecule has 8 heterocycles. The zero-order valence-electron chi connectivity index (χ0n) is 78.3. The Labute approximate surface area is 755 Å². The van der Waals surface area contributed by atoms with Crippen molar-refractivity contribution in [1.29, 1.82) is 0 Å². The summed E-state index contributed by atoms with van der Waals surface area (Å²) in [7, 11) is -12.5. The summed E-state index contributed by atoms with van der Waals surface area (Å²) < 4.78 is 96.2. The van der Waals surface area contributed by atoms with E-state index in [1.54, 1.807) is 24.3 Å². The van der Waals surface area contributed by atoms with Crippen molar-refractivity contribution in [3.8, 4) is 11.5 Å². The molecule has 0 bridgehead atoms. The van der Waals surface area contributed by atoms with E-state index in [0.717, 1.165) is 113 Å². The van der Waals surface area contributed by atoms with E-state index in [2.05, 4.69) is 156 Å². The molecule has 122 heavy (non-hydrogen) atoms. The summed E-state index contributed by atoms with van der Waals surface area (Å²) in [6.45, 7) is 39.6. The fourth-order valence-corrected chi connectivity index (χ4v) is 55.1. The van der Waals surface area contributed by atoms with Gasteiger partial charge < -0.3 is 55.0 Å². The van der Waals surface area contributed by atoms with Crippen molar-refractivity contribution >= 4 is 90.6 Å². The van der Waals surface area contributed by atoms with Crippen LogP contribution in [0.1, 0.15) is 224 Å². The van der Waals surface area contributed by atoms with Crippen LogP contribution in [0.25, 0.3) is 0 Å². The van der Waals surface area contributed by atoms with Gasteiger partial charge in [-0.1, -0.05) is 50.7 Å². The molecule has 20 nitrogen and oxygen atoms in total. The van der Waals surface area contributed by atoms with Crippen LogP contribution in [0.15, 0.2) is 72.8 Å². The Morgan fingerprint density at radius 3 is 0.910 bits per heavy atom. The van der Waals surface area contributed by atoms with Crippen LogP contribution in [0.5, 0.6) is 11.5 Å². The second-order valence-electron chi connectivity index (χ2n) is 39.1. The number of hydrogen-bond acceptors (Lipinski definition) is 20. The summed E-state index contributed by atoms with van der Waals surface area (Å²) in [6.07, 6.45) is 27.8. The maximum Gasteiger partial charge on any atom is 0.189 e. The summed E-state index contributed by atoms with van der Waals surface area (Å²) in [5.41, 5.74) is 2.38. The maximum atomic E-state index is 12.7. The molecule has 29 heteroatoms. The molecule has 11 rings (SSSR count). The van der Waals surface area contributed by atoms with E-state index in [0.29, 0.717) is 86.2 Å². The zero-order chi connectivity index (χ0) is 88.1. The van der Waals surface area contributed by atoms with E-state index in [1.165, 1.54) is 150 Å². The van der Waals surface area contributed by atoms with E-state index >= 15 is 0 Å². The Balaban J connectivity index is 0.000000208. The third-order valence-electron chi connectivity index (χ3n) is 25.9. The molecular formula is C93H162IO20Si8-. The van der Waals surface area contributed by atoms with Crippen molar-refractivity contribution in [3.05, 3.63) is 91.1 Å². The Morgan fingerprint density at radius 2 is 0.590 bits per heavy atom. The number of carbonyl (C=O) groups is 4. The monoisotopic (exact) mass is 1950 g/mol. The van der Waals surface area contributed by atoms with E-state index < -0.39 is 78.8 Å². The molecule has 0 aliphatic carbocycles. The number of benzene rings is 3. The summed E-state index contributed by atoms with van der Waals surface area (Å²) in [5, 5.41) is 0. The van der Waals surface area contributed by atoms with Crippen LogP contribution in [0.3, 0.4) is 0 Å². The Kier molecular flexibility index (Phi) is 45.2. The van der Waals surface area contributed by atoms with Crippen LogP contribution in [-0.2, 0) is 63.8 Å². The van der Waals surface area contributed by atoms with Crippen molar-refractivity contribution in [3.63, 3.8) is 0 Å². The minimum absolute atomic E-state index is 0.0831. The predicted octanol–water partition coefficient (Wildman–Crippen LogP) is 21.4. The van der Waals surface area contributed by atoms with Gasteiger partial charge in [0.1, 0.15) is 13.2 Å². The SMILES string of the molecule is CC1CCC[Si](C)(CCCOC(=O)OCCOCCOC(=O)OCCC[Si]2(C)CCCC(C)O2)O1.CC1CCC[Si](C)(CCCOC(=O)c2cccc(C(=O)CCC[Si]3(C)CCCC(C)O3)c2)O1.CC1CCC[Si](C)(CCCOc2ccc([I-]c3ccc(OCCC[Si]4(C)CCCC(C)O4)cc3)cc2)O1.CC1CCC[Si](C)(C[Si]2(C)CCCC(C)O2)O1. The van der Waals surface area contributed by atoms with Crippen LogP contribution in [-0.4, -0.2) is 199 Å². The first kappa shape index (κ1) is 104. The topological polar surface area (TPSA) is 216 Å². The van der Waals surface area contributed by atoms with Gasteiger partial charge in [-0.15, -0.1) is 0 Å². The molecule has 694 valence electrons. The number of carbonyl (C=O) groups excluding carboxylic acids is 4. The van der Waals surface area contributed by atoms with E-state index in [1.807, 2.05) is 0 Å². The maximum absolute atomic E-state index is 12.7. The quantitative estimate of drug-likeness (QED) is 0.0130. The van der Waals surface area contributed by atoms with Crippen LogP contribution >= 0.6 is 0 Å². The van der Waals surface area contributed by atoms with Gasteiger partial charge in [-0.3, -0.25) is 4.79 Å². The molecule has 3 aromatic rings. The van der Waals surface area contributed by atoms with Gasteiger partial charge in [0, 0.05) is 48.6 Å². The van der Waals surface area contributed by atoms with Gasteiger partial charge in [0.15, 0.2) is 55.7 Å². The minimum atomic E-state index is -1.67. The van der Waals surface area contributed by atoms with Crippen LogP contribution < -0.4 is 30.7 Å². The minimum Gasteiger partial charge on any atom is -0.415 e. The van der Waals surface area contributed by atoms with E-state index in [9.17, 15) is 19.2 Å². The normalized spacial score (nSPS) is 31.6. The van der Waals surface area contributed by atoms with Crippen molar-refractivity contribution in [2.24, 2.45) is 0 Å². The third-order valence-corrected chi connectivity index (χ3v) is 62.1. The second-order valence-corrected chi connectivity index (χ2v) is 75.6. The number of esters is 1. The standard InChI is InChI=1S/C30H46IO4Si2.C26H42O5Si2.C24H46O9Si2.C13H28O2Si2/c1-25-9-5-21-36(3,34-25)23-7-19-32-29-15-11-27(12-16-29)31-28-13-17-30(18-14-28)33-20-8-24-37(4)22-6-10-26(2)35-37;1-21-10-6-16-32(3,30-21)18-8-14-25(27)23-12-5-13-24(20-23)26(28)29-15-9-19-33(4)17-7-11-22(2)31-33;1-21-9-5-17-34(3,32-21)19-7-11-28-23(25)30-15-13-27-14-16-31-24(26)29-12-8-20-35(4)18-6-10-22(2)33-35;1-12-7-5-9-16(3,14-12)11-17(4)10-6-8-13(2)15-17/h11-18,25-26H,5-10,19-24H2,1-4H3;5,12-13,20-22H,6-11,14-19H2,1-4H3;21-22H,5-20H2,1-4H3;12-13H,5-11H2,1-4H3/q-1;;;. The summed E-state index contributed by atoms with van der Waals surface area (Å²) in [6, 6.07) is 40.9. The molecule has 8 saturated heterocycles. The molecule has 0 spiro atoms. The number of Topliss-reactive ketones (excluding diaryl/α,β-unsaturated/α-hetero) is 1. The molecule has 16 unspecified atom stereocenters. The van der Waals surface area contributed by atoms with Gasteiger partial charge >= 0.3 is 257 Å². The molecule has 0 aromatic heterocycles. The predicted molar refractivity (Wildman–Crippen MR) is 503 cm³/mol. The fraction of sp³-hybridized carbons (Fsp3) is 0.763. The van der Waals surface area contributed by atoms with Crippen molar-refractivity contribution in [2.45, 2.75) is 395 Å². The van der Waals surface area contributed by atoms with Gasteiger partial charge in [0.25, 0.3) is 0 Å². The first-order valence-corrected chi connectivity index (χ1v) is 72.3. The van der Waals surface area contributed by atoms with Gasteiger partial charge in [-0.05, 0) is 223 Å². The van der Waals surface area contributed by atoms with Crippen molar-refractivity contribution < 1.29 is 114 Å². The number of ether oxygens (including phenoxy) is 8. The van der Waals surface area contributed by atoms with E-state index in [-0.39, 0.29) is 59.4 Å². The average molecular weight is 1950 g/mol. The molecule has 8 aliphatic rings. The smallest absolute Gasteiger partial charge is 0.189 e. The van der Waals surface area contributed by atoms with Gasteiger partial charge in [-0.25, -0.2) is 14.4 Å². The fourth-order valence-electron chi connectivity index (χ4n) is 19.7. The molecule has 3 aromatic carbocycles. The number of halogens is 1. The molecule has 8 aliphatic heterocycles. The zero-order valence-corrected chi connectivity index (χ0v) is 88.5. The molecular weight excluding hydrogens is 1790 g/mol. The average Bonchev–Trinajstić information content (AvgIpc) is 0.801. The summed E-state index contributed by atoms with van der Waals surface area (Å²) in [4.78, 5) is 48.6. The Hall–Kier alpha value is -2.95. The summed E-state index contributed by atoms with van der Waals surface area (Å²) >= 11 is -0.205.